The molecule has 0 aliphatic carbocycles. The van der Waals surface area contributed by atoms with Gasteiger partial charge in [0.15, 0.2) is 0 Å². The van der Waals surface area contributed by atoms with Gasteiger partial charge in [0, 0.05) is 13.1 Å². The first kappa shape index (κ1) is 16.0. The Kier molecular flexibility index (Phi) is 6.52. The van der Waals surface area contributed by atoms with Gasteiger partial charge >= 0.3 is 6.03 Å². The summed E-state index contributed by atoms with van der Waals surface area (Å²) in [7, 11) is 3.44. The molecule has 1 rings (SSSR count). The number of imide groups is 1. The predicted molar refractivity (Wildman–Crippen MR) is 76.5 cm³/mol. The normalized spacial score (nSPS) is 10.2. The maximum absolute atomic E-state index is 11.6. The van der Waals surface area contributed by atoms with Gasteiger partial charge in [-0.2, -0.15) is 0 Å². The van der Waals surface area contributed by atoms with Crippen LogP contribution in [-0.4, -0.2) is 44.1 Å². The zero-order valence-electron chi connectivity index (χ0n) is 12.1. The van der Waals surface area contributed by atoms with Gasteiger partial charge in [-0.1, -0.05) is 12.1 Å². The third-order valence-electron chi connectivity index (χ3n) is 2.62. The van der Waals surface area contributed by atoms with Gasteiger partial charge in [0.25, 0.3) is 0 Å². The largest absolute Gasteiger partial charge is 0.497 e. The van der Waals surface area contributed by atoms with Crippen LogP contribution >= 0.6 is 0 Å². The molecule has 6 heteroatoms. The van der Waals surface area contributed by atoms with E-state index < -0.39 is 6.03 Å². The van der Waals surface area contributed by atoms with E-state index in [-0.39, 0.29) is 12.5 Å². The smallest absolute Gasteiger partial charge is 0.321 e. The fourth-order valence-electron chi connectivity index (χ4n) is 1.71. The number of hydrogen-bond donors (Lipinski definition) is 2. The summed E-state index contributed by atoms with van der Waals surface area (Å²) in [6.45, 7) is 3.05. The van der Waals surface area contributed by atoms with E-state index in [0.29, 0.717) is 13.1 Å². The van der Waals surface area contributed by atoms with Gasteiger partial charge in [0.1, 0.15) is 5.75 Å². The Hall–Kier alpha value is -2.08. The number of urea groups is 1. The highest BCUT2D eigenvalue weighted by Crippen LogP contribution is 2.12. The summed E-state index contributed by atoms with van der Waals surface area (Å²) in [5.41, 5.74) is 1.07. The lowest BCUT2D eigenvalue weighted by Crippen LogP contribution is -2.43. The number of carbonyl (C=O) groups is 2. The van der Waals surface area contributed by atoms with E-state index >= 15 is 0 Å². The standard InChI is InChI=1S/C14H21N3O3/c1-4-15-14(19)16-13(18)10-17(2)9-11-5-7-12(20-3)8-6-11/h5-8H,4,9-10H2,1-3H3,(H2,15,16,18,19). The van der Waals surface area contributed by atoms with Crippen molar-refractivity contribution in [1.82, 2.24) is 15.5 Å². The monoisotopic (exact) mass is 279 g/mol. The molecule has 0 aliphatic heterocycles. The van der Waals surface area contributed by atoms with E-state index in [4.69, 9.17) is 4.74 Å². The molecule has 0 aromatic heterocycles. The lowest BCUT2D eigenvalue weighted by Gasteiger charge is -2.16. The Morgan fingerprint density at radius 3 is 2.45 bits per heavy atom. The summed E-state index contributed by atoms with van der Waals surface area (Å²) in [6.07, 6.45) is 0. The number of benzene rings is 1. The molecule has 3 amide bonds. The van der Waals surface area contributed by atoms with Crippen molar-refractivity contribution in [1.29, 1.82) is 0 Å². The molecule has 0 bridgehead atoms. The molecule has 1 aromatic rings. The van der Waals surface area contributed by atoms with Crippen molar-refractivity contribution in [3.63, 3.8) is 0 Å². The van der Waals surface area contributed by atoms with Crippen LogP contribution in [-0.2, 0) is 11.3 Å². The number of amides is 3. The van der Waals surface area contributed by atoms with E-state index in [0.717, 1.165) is 11.3 Å². The highest BCUT2D eigenvalue weighted by Gasteiger charge is 2.10. The van der Waals surface area contributed by atoms with Crippen LogP contribution in [0.5, 0.6) is 5.75 Å². The molecule has 0 atom stereocenters. The number of rotatable bonds is 6. The predicted octanol–water partition coefficient (Wildman–Crippen LogP) is 0.973. The minimum Gasteiger partial charge on any atom is -0.497 e. The first-order chi connectivity index (χ1) is 9.55. The van der Waals surface area contributed by atoms with Crippen molar-refractivity contribution in [2.24, 2.45) is 0 Å². The Labute approximate surface area is 119 Å². The molecule has 1 aromatic carbocycles. The first-order valence-electron chi connectivity index (χ1n) is 6.44. The Morgan fingerprint density at radius 2 is 1.90 bits per heavy atom. The summed E-state index contributed by atoms with van der Waals surface area (Å²) in [5.74, 6) is 0.470. The van der Waals surface area contributed by atoms with Crippen LogP contribution in [0.1, 0.15) is 12.5 Å². The van der Waals surface area contributed by atoms with Crippen molar-refractivity contribution < 1.29 is 14.3 Å². The molecule has 6 nitrogen and oxygen atoms in total. The van der Waals surface area contributed by atoms with Crippen LogP contribution in [0.3, 0.4) is 0 Å². The van der Waals surface area contributed by atoms with Crippen LogP contribution in [0.15, 0.2) is 24.3 Å². The fourth-order valence-corrected chi connectivity index (χ4v) is 1.71. The molecule has 0 unspecified atom stereocenters. The van der Waals surface area contributed by atoms with E-state index in [9.17, 15) is 9.59 Å². The van der Waals surface area contributed by atoms with Crippen molar-refractivity contribution in [3.8, 4) is 5.75 Å². The van der Waals surface area contributed by atoms with Gasteiger partial charge in [-0.3, -0.25) is 15.0 Å². The highest BCUT2D eigenvalue weighted by molar-refractivity contribution is 5.95. The number of nitrogens with zero attached hydrogens (tertiary/aromatic N) is 1. The van der Waals surface area contributed by atoms with E-state index in [1.807, 2.05) is 36.2 Å². The number of methoxy groups -OCH3 is 1. The van der Waals surface area contributed by atoms with Crippen molar-refractivity contribution in [3.05, 3.63) is 29.8 Å². The summed E-state index contributed by atoms with van der Waals surface area (Å²) >= 11 is 0. The highest BCUT2D eigenvalue weighted by atomic mass is 16.5. The van der Waals surface area contributed by atoms with E-state index in [2.05, 4.69) is 10.6 Å². The Morgan fingerprint density at radius 1 is 1.25 bits per heavy atom. The summed E-state index contributed by atoms with van der Waals surface area (Å²) < 4.78 is 5.08. The third kappa shape index (κ3) is 5.71. The molecule has 2 N–H and O–H groups in total. The minimum atomic E-state index is -0.463. The molecule has 0 saturated heterocycles. The van der Waals surface area contributed by atoms with Crippen LogP contribution < -0.4 is 15.4 Å². The molecule has 0 spiro atoms. The molecule has 0 aliphatic rings. The number of hydrogen-bond acceptors (Lipinski definition) is 4. The minimum absolute atomic E-state index is 0.156. The van der Waals surface area contributed by atoms with Crippen LogP contribution in [0, 0.1) is 0 Å². The fraction of sp³-hybridized carbons (Fsp3) is 0.429. The summed E-state index contributed by atoms with van der Waals surface area (Å²) in [6, 6.07) is 7.17. The molecule has 0 saturated carbocycles. The van der Waals surface area contributed by atoms with Crippen LogP contribution in [0.2, 0.25) is 0 Å². The van der Waals surface area contributed by atoms with Gasteiger partial charge in [-0.25, -0.2) is 4.79 Å². The van der Waals surface area contributed by atoms with Gasteiger partial charge in [0.05, 0.1) is 13.7 Å². The summed E-state index contributed by atoms with van der Waals surface area (Å²) in [5, 5.41) is 4.77. The molecular formula is C14H21N3O3. The first-order valence-corrected chi connectivity index (χ1v) is 6.44. The molecular weight excluding hydrogens is 258 g/mol. The lowest BCUT2D eigenvalue weighted by atomic mass is 10.2. The molecule has 110 valence electrons. The van der Waals surface area contributed by atoms with Crippen molar-refractivity contribution in [2.75, 3.05) is 27.2 Å². The molecule has 20 heavy (non-hydrogen) atoms. The molecule has 0 radical (unpaired) electrons. The maximum atomic E-state index is 11.6. The lowest BCUT2D eigenvalue weighted by molar-refractivity contribution is -0.120. The molecule has 0 fully saturated rings. The SMILES string of the molecule is CCNC(=O)NC(=O)CN(C)Cc1ccc(OC)cc1. The van der Waals surface area contributed by atoms with Crippen molar-refractivity contribution >= 4 is 11.9 Å². The second kappa shape index (κ2) is 8.16. The second-order valence-electron chi connectivity index (χ2n) is 4.43. The second-order valence-corrected chi connectivity index (χ2v) is 4.43. The maximum Gasteiger partial charge on any atom is 0.321 e. The van der Waals surface area contributed by atoms with Crippen molar-refractivity contribution in [2.45, 2.75) is 13.5 Å². The van der Waals surface area contributed by atoms with Gasteiger partial charge < -0.3 is 10.1 Å². The van der Waals surface area contributed by atoms with Gasteiger partial charge in [0.2, 0.25) is 5.91 Å². The zero-order chi connectivity index (χ0) is 15.0. The zero-order valence-corrected chi connectivity index (χ0v) is 12.1. The Bertz CT molecular complexity index is 445. The quantitative estimate of drug-likeness (QED) is 0.814. The van der Waals surface area contributed by atoms with Gasteiger partial charge in [-0.05, 0) is 31.7 Å². The number of carbonyl (C=O) groups excluding carboxylic acids is 2. The summed E-state index contributed by atoms with van der Waals surface area (Å²) in [4.78, 5) is 24.6. The van der Waals surface area contributed by atoms with Crippen LogP contribution in [0.25, 0.3) is 0 Å². The number of likely N-dealkylation sites (N-methyl/N-ethyl adjacent to an activating group) is 1. The number of ether oxygens (including phenoxy) is 1. The average molecular weight is 279 g/mol. The Balaban J connectivity index is 2.40. The molecule has 0 heterocycles. The average Bonchev–Trinajstić information content (AvgIpc) is 2.39. The van der Waals surface area contributed by atoms with Crippen LogP contribution in [0.4, 0.5) is 4.79 Å². The third-order valence-corrected chi connectivity index (χ3v) is 2.62. The van der Waals surface area contributed by atoms with Gasteiger partial charge in [-0.15, -0.1) is 0 Å². The number of nitrogens with one attached hydrogen (secondary N) is 2. The topological polar surface area (TPSA) is 70.7 Å². The van der Waals surface area contributed by atoms with E-state index in [1.54, 1.807) is 14.0 Å². The van der Waals surface area contributed by atoms with E-state index in [1.165, 1.54) is 0 Å².